The van der Waals surface area contributed by atoms with Crippen LogP contribution in [0.5, 0.6) is 0 Å². The van der Waals surface area contributed by atoms with E-state index in [4.69, 9.17) is 0 Å². The van der Waals surface area contributed by atoms with Crippen LogP contribution >= 0.6 is 11.3 Å². The molecule has 0 aliphatic carbocycles. The fourth-order valence-corrected chi connectivity index (χ4v) is 7.15. The second-order valence-corrected chi connectivity index (χ2v) is 14.1. The van der Waals surface area contributed by atoms with Crippen LogP contribution in [0.1, 0.15) is 99.8 Å². The zero-order valence-corrected chi connectivity index (χ0v) is 29.0. The van der Waals surface area contributed by atoms with E-state index in [9.17, 15) is 29.4 Å². The number of carboxylic acids is 1. The summed E-state index contributed by atoms with van der Waals surface area (Å²) in [7, 11) is 3.72. The lowest BCUT2D eigenvalue weighted by molar-refractivity contribution is -0.141. The Bertz CT molecular complexity index is 1300. The van der Waals surface area contributed by atoms with Crippen molar-refractivity contribution < 1.29 is 29.4 Å². The van der Waals surface area contributed by atoms with E-state index in [0.717, 1.165) is 31.4 Å². The molecule has 3 N–H and O–H groups in total. The van der Waals surface area contributed by atoms with E-state index >= 15 is 0 Å². The summed E-state index contributed by atoms with van der Waals surface area (Å²) in [4.78, 5) is 59.8. The Kier molecular flexibility index (Phi) is 14.3. The lowest BCUT2D eigenvalue weighted by Gasteiger charge is -2.36. The summed E-state index contributed by atoms with van der Waals surface area (Å²) >= 11 is 1.18. The number of nitrogens with zero attached hydrogens (tertiary/aromatic N) is 3. The third-order valence-electron chi connectivity index (χ3n) is 9.27. The number of carboxylic acid groups (broad SMARTS) is 1. The van der Waals surface area contributed by atoms with Gasteiger partial charge in [-0.2, -0.15) is 0 Å². The Morgan fingerprint density at radius 3 is 2.41 bits per heavy atom. The fraction of sp³-hybridized carbons (Fsp3) is 0.629. The number of likely N-dealkylation sites (N-methyl/N-ethyl adjacent to an activating group) is 1. The number of carbonyl (C=O) groups excluding carboxylic acids is 3. The van der Waals surface area contributed by atoms with Gasteiger partial charge in [-0.1, -0.05) is 64.4 Å². The van der Waals surface area contributed by atoms with Gasteiger partial charge < -0.3 is 20.4 Å². The SMILES string of the molecule is CC[C@H](CC(=O)[C@H]1CCCCN1C)C(=O)N(C)[C@H](C[C@@H](O)c1nc(C(=O)N[C@@H](Cc2ccccc2)C[C@H](C)C(=O)O)cs1)C(C)C. The number of aliphatic carboxylic acids is 1. The Morgan fingerprint density at radius 2 is 1.80 bits per heavy atom. The fourth-order valence-electron chi connectivity index (χ4n) is 6.35. The maximum absolute atomic E-state index is 13.7. The molecule has 2 amide bonds. The lowest BCUT2D eigenvalue weighted by atomic mass is 9.89. The van der Waals surface area contributed by atoms with E-state index in [2.05, 4.69) is 15.2 Å². The maximum Gasteiger partial charge on any atom is 0.306 e. The first-order chi connectivity index (χ1) is 21.8. The number of ketones is 1. The summed E-state index contributed by atoms with van der Waals surface area (Å²) in [5.74, 6) is -2.38. The number of aromatic nitrogens is 1. The summed E-state index contributed by atoms with van der Waals surface area (Å²) in [5, 5.41) is 25.6. The largest absolute Gasteiger partial charge is 0.481 e. The molecule has 254 valence electrons. The molecular weight excluding hydrogens is 604 g/mol. The van der Waals surface area contributed by atoms with Gasteiger partial charge in [0.05, 0.1) is 12.0 Å². The van der Waals surface area contributed by atoms with Crippen molar-refractivity contribution in [3.8, 4) is 0 Å². The number of benzene rings is 1. The first kappa shape index (κ1) is 37.3. The molecule has 1 fully saturated rings. The van der Waals surface area contributed by atoms with Gasteiger partial charge in [-0.05, 0) is 57.2 Å². The predicted octanol–water partition coefficient (Wildman–Crippen LogP) is 4.97. The molecule has 0 bridgehead atoms. The highest BCUT2D eigenvalue weighted by molar-refractivity contribution is 7.09. The van der Waals surface area contributed by atoms with Gasteiger partial charge in [-0.15, -0.1) is 11.3 Å². The van der Waals surface area contributed by atoms with Crippen LogP contribution in [0.25, 0.3) is 0 Å². The van der Waals surface area contributed by atoms with Gasteiger partial charge in [0, 0.05) is 43.3 Å². The monoisotopic (exact) mass is 656 g/mol. The molecule has 1 aliphatic rings. The normalized spacial score (nSPS) is 18.7. The van der Waals surface area contributed by atoms with E-state index in [0.29, 0.717) is 17.8 Å². The molecule has 46 heavy (non-hydrogen) atoms. The highest BCUT2D eigenvalue weighted by Crippen LogP contribution is 2.29. The molecule has 11 heteroatoms. The number of amides is 2. The Labute approximate surface area is 277 Å². The van der Waals surface area contributed by atoms with Crippen LogP contribution in [0.2, 0.25) is 0 Å². The van der Waals surface area contributed by atoms with E-state index in [-0.39, 0.29) is 54.6 Å². The highest BCUT2D eigenvalue weighted by Gasteiger charge is 2.34. The molecule has 0 unspecified atom stereocenters. The minimum Gasteiger partial charge on any atom is -0.481 e. The number of hydrogen-bond acceptors (Lipinski definition) is 8. The second-order valence-electron chi connectivity index (χ2n) is 13.2. The van der Waals surface area contributed by atoms with E-state index in [1.807, 2.05) is 58.2 Å². The van der Waals surface area contributed by atoms with Crippen LogP contribution < -0.4 is 5.32 Å². The molecule has 1 aromatic heterocycles. The van der Waals surface area contributed by atoms with Gasteiger partial charge in [0.2, 0.25) is 5.91 Å². The smallest absolute Gasteiger partial charge is 0.306 e. The molecule has 3 rings (SSSR count). The van der Waals surface area contributed by atoms with Crippen LogP contribution in [0.4, 0.5) is 0 Å². The number of piperidine rings is 1. The first-order valence-electron chi connectivity index (χ1n) is 16.5. The predicted molar refractivity (Wildman–Crippen MR) is 180 cm³/mol. The number of hydrogen-bond donors (Lipinski definition) is 3. The van der Waals surface area contributed by atoms with Crippen molar-refractivity contribution >= 4 is 34.9 Å². The molecule has 1 saturated heterocycles. The molecule has 0 spiro atoms. The molecule has 2 heterocycles. The number of rotatable bonds is 17. The Hall–Kier alpha value is -3.15. The lowest BCUT2D eigenvalue weighted by Crippen LogP contribution is -2.46. The molecule has 1 aromatic carbocycles. The van der Waals surface area contributed by atoms with Crippen LogP contribution in [0.15, 0.2) is 35.7 Å². The van der Waals surface area contributed by atoms with Gasteiger partial charge in [0.1, 0.15) is 16.8 Å². The first-order valence-corrected chi connectivity index (χ1v) is 17.4. The molecule has 2 aromatic rings. The summed E-state index contributed by atoms with van der Waals surface area (Å²) in [5.41, 5.74) is 1.14. The van der Waals surface area contributed by atoms with Gasteiger partial charge in [0.25, 0.3) is 5.91 Å². The Morgan fingerprint density at radius 1 is 1.11 bits per heavy atom. The number of thiazole rings is 1. The van der Waals surface area contributed by atoms with Gasteiger partial charge >= 0.3 is 5.97 Å². The second kappa shape index (κ2) is 17.7. The van der Waals surface area contributed by atoms with Crippen molar-refractivity contribution in [1.29, 1.82) is 0 Å². The number of carbonyl (C=O) groups is 4. The molecular formula is C35H52N4O6S. The molecule has 0 saturated carbocycles. The summed E-state index contributed by atoms with van der Waals surface area (Å²) in [6.07, 6.45) is 3.68. The molecule has 10 nitrogen and oxygen atoms in total. The van der Waals surface area contributed by atoms with E-state index in [1.165, 1.54) is 11.3 Å². The topological polar surface area (TPSA) is 140 Å². The number of likely N-dealkylation sites (tertiary alicyclic amines) is 1. The van der Waals surface area contributed by atoms with Crippen molar-refractivity contribution in [2.45, 2.75) is 103 Å². The van der Waals surface area contributed by atoms with Crippen LogP contribution in [-0.4, -0.2) is 87.3 Å². The average Bonchev–Trinajstić information content (AvgIpc) is 3.53. The van der Waals surface area contributed by atoms with Gasteiger partial charge in [-0.3, -0.25) is 24.1 Å². The van der Waals surface area contributed by atoms with Crippen molar-refractivity contribution in [2.24, 2.45) is 17.8 Å². The third-order valence-corrected chi connectivity index (χ3v) is 10.2. The average molecular weight is 657 g/mol. The van der Waals surface area contributed by atoms with Crippen molar-refractivity contribution in [2.75, 3.05) is 20.6 Å². The molecule has 6 atom stereocenters. The van der Waals surface area contributed by atoms with Crippen LogP contribution in [0.3, 0.4) is 0 Å². The third kappa shape index (κ3) is 10.4. The summed E-state index contributed by atoms with van der Waals surface area (Å²) in [6, 6.07) is 8.71. The zero-order valence-electron chi connectivity index (χ0n) is 28.1. The number of aliphatic hydroxyl groups is 1. The zero-order chi connectivity index (χ0) is 34.0. The molecule has 0 radical (unpaired) electrons. The standard InChI is InChI=1S/C35H52N4O6S/c1-7-25(19-30(40)28-15-11-12-16-38(28)5)34(43)39(6)29(22(2)3)20-31(41)33-37-27(21-46-33)32(42)36-26(17-23(4)35(44)45)18-24-13-9-8-10-14-24/h8-10,13-14,21-23,25-26,28-29,31,41H,7,11-12,15-20H2,1-6H3,(H,36,42)(H,44,45)/t23-,25+,26+,28+,29+,31+/m0/s1. The molecule has 1 aliphatic heterocycles. The van der Waals surface area contributed by atoms with Gasteiger partial charge in [-0.25, -0.2) is 4.98 Å². The number of nitrogens with one attached hydrogen (secondary N) is 1. The maximum atomic E-state index is 13.7. The van der Waals surface area contributed by atoms with Crippen molar-refractivity contribution in [3.05, 3.63) is 52.0 Å². The minimum atomic E-state index is -1.00. The minimum absolute atomic E-state index is 0.0268. The highest BCUT2D eigenvalue weighted by atomic mass is 32.1. The van der Waals surface area contributed by atoms with Crippen LogP contribution in [0, 0.1) is 17.8 Å². The quantitative estimate of drug-likeness (QED) is 0.217. The van der Waals surface area contributed by atoms with E-state index < -0.39 is 35.9 Å². The van der Waals surface area contributed by atoms with Crippen molar-refractivity contribution in [3.63, 3.8) is 0 Å². The van der Waals surface area contributed by atoms with Crippen molar-refractivity contribution in [1.82, 2.24) is 20.1 Å². The van der Waals surface area contributed by atoms with E-state index in [1.54, 1.807) is 24.3 Å². The number of Topliss-reactive ketones (excluding diaryl/α,β-unsaturated/α-hetero) is 1. The number of aliphatic hydroxyl groups excluding tert-OH is 1. The van der Waals surface area contributed by atoms with Crippen LogP contribution in [-0.2, 0) is 20.8 Å². The Balaban J connectivity index is 1.66. The van der Waals surface area contributed by atoms with Gasteiger partial charge in [0.15, 0.2) is 5.78 Å². The summed E-state index contributed by atoms with van der Waals surface area (Å²) in [6.45, 7) is 8.44. The summed E-state index contributed by atoms with van der Waals surface area (Å²) < 4.78 is 0.